The molecule has 1 rings (SSSR count). The average Bonchev–Trinajstić information content (AvgIpc) is 2.03. The first-order valence-corrected chi connectivity index (χ1v) is 3.37. The number of carbonyl (C=O) groups is 1. The van der Waals surface area contributed by atoms with Crippen LogP contribution in [0.2, 0.25) is 0 Å². The van der Waals surface area contributed by atoms with Crippen molar-refractivity contribution in [3.05, 3.63) is 29.3 Å². The van der Waals surface area contributed by atoms with Gasteiger partial charge in [-0.1, -0.05) is 0 Å². The number of halogens is 3. The Morgan fingerprint density at radius 3 is 2.38 bits per heavy atom. The zero-order valence-electron chi connectivity index (χ0n) is 6.43. The van der Waals surface area contributed by atoms with Crippen LogP contribution < -0.4 is 5.73 Å². The Bertz CT molecular complexity index is 333. The van der Waals surface area contributed by atoms with Crippen molar-refractivity contribution in [2.24, 2.45) is 0 Å². The first-order chi connectivity index (χ1) is 5.95. The van der Waals surface area contributed by atoms with Gasteiger partial charge in [-0.25, -0.2) is 0 Å². The van der Waals surface area contributed by atoms with Crippen molar-refractivity contribution in [3.63, 3.8) is 0 Å². The topological polar surface area (TPSA) is 43.1 Å². The molecule has 1 aromatic carbocycles. The first-order valence-electron chi connectivity index (χ1n) is 3.37. The van der Waals surface area contributed by atoms with Crippen LogP contribution in [0.1, 0.15) is 15.9 Å². The summed E-state index contributed by atoms with van der Waals surface area (Å²) in [6, 6.07) is 3.02. The fraction of sp³-hybridized carbons (Fsp3) is 0.125. The number of aldehydes is 1. The Morgan fingerprint density at radius 1 is 1.31 bits per heavy atom. The number of anilines is 1. The summed E-state index contributed by atoms with van der Waals surface area (Å²) in [4.78, 5) is 10.2. The molecular weight excluding hydrogens is 183 g/mol. The molecule has 0 heterocycles. The zero-order valence-corrected chi connectivity index (χ0v) is 6.43. The van der Waals surface area contributed by atoms with E-state index < -0.39 is 11.7 Å². The largest absolute Gasteiger partial charge is 0.418 e. The molecule has 0 atom stereocenters. The third-order valence-corrected chi connectivity index (χ3v) is 1.52. The Labute approximate surface area is 72.2 Å². The molecule has 13 heavy (non-hydrogen) atoms. The maximum Gasteiger partial charge on any atom is 0.418 e. The molecule has 0 fully saturated rings. The summed E-state index contributed by atoms with van der Waals surface area (Å²) in [5.74, 6) is 0. The third-order valence-electron chi connectivity index (χ3n) is 1.52. The maximum atomic E-state index is 12.2. The van der Waals surface area contributed by atoms with Crippen molar-refractivity contribution < 1.29 is 18.0 Å². The molecule has 5 heteroatoms. The van der Waals surface area contributed by atoms with Crippen LogP contribution in [0.4, 0.5) is 18.9 Å². The van der Waals surface area contributed by atoms with Crippen LogP contribution in [0, 0.1) is 0 Å². The number of nitrogen functional groups attached to an aromatic ring is 1. The van der Waals surface area contributed by atoms with Crippen LogP contribution in [-0.2, 0) is 6.18 Å². The third kappa shape index (κ3) is 1.99. The SMILES string of the molecule is Nc1ccc(C=O)cc1C(F)(F)F. The standard InChI is InChI=1S/C8H6F3NO/c9-8(10,11)6-3-5(4-13)1-2-7(6)12/h1-4H,12H2. The van der Waals surface area contributed by atoms with Gasteiger partial charge in [0.25, 0.3) is 0 Å². The van der Waals surface area contributed by atoms with Gasteiger partial charge in [-0.2, -0.15) is 13.2 Å². The summed E-state index contributed by atoms with van der Waals surface area (Å²) in [6.07, 6.45) is -4.17. The van der Waals surface area contributed by atoms with Gasteiger partial charge in [-0.3, -0.25) is 4.79 Å². The highest BCUT2D eigenvalue weighted by atomic mass is 19.4. The van der Waals surface area contributed by atoms with E-state index in [0.717, 1.165) is 12.1 Å². The minimum Gasteiger partial charge on any atom is -0.398 e. The van der Waals surface area contributed by atoms with Crippen molar-refractivity contribution in [2.75, 3.05) is 5.73 Å². The number of alkyl halides is 3. The number of rotatable bonds is 1. The van der Waals surface area contributed by atoms with Crippen molar-refractivity contribution in [1.29, 1.82) is 0 Å². The van der Waals surface area contributed by atoms with Crippen LogP contribution in [0.25, 0.3) is 0 Å². The predicted octanol–water partition coefficient (Wildman–Crippen LogP) is 2.10. The molecule has 0 aromatic heterocycles. The molecule has 0 aliphatic carbocycles. The lowest BCUT2D eigenvalue weighted by atomic mass is 10.1. The summed E-state index contributed by atoms with van der Waals surface area (Å²) in [5.41, 5.74) is 3.70. The average molecular weight is 189 g/mol. The van der Waals surface area contributed by atoms with Gasteiger partial charge < -0.3 is 5.73 Å². The zero-order chi connectivity index (χ0) is 10.1. The molecule has 0 aliphatic rings. The van der Waals surface area contributed by atoms with Crippen LogP contribution in [-0.4, -0.2) is 6.29 Å². The molecule has 2 nitrogen and oxygen atoms in total. The van der Waals surface area contributed by atoms with Crippen molar-refractivity contribution in [1.82, 2.24) is 0 Å². The highest BCUT2D eigenvalue weighted by molar-refractivity contribution is 5.76. The fourth-order valence-electron chi connectivity index (χ4n) is 0.893. The Kier molecular flexibility index (Phi) is 2.27. The molecule has 70 valence electrons. The highest BCUT2D eigenvalue weighted by Gasteiger charge is 2.32. The number of benzene rings is 1. The van der Waals surface area contributed by atoms with Gasteiger partial charge in [-0.05, 0) is 18.2 Å². The number of nitrogens with two attached hydrogens (primary N) is 1. The molecule has 0 unspecified atom stereocenters. The van der Waals surface area contributed by atoms with Crippen LogP contribution in [0.15, 0.2) is 18.2 Å². The van der Waals surface area contributed by atoms with Gasteiger partial charge in [0.15, 0.2) is 0 Å². The Hall–Kier alpha value is -1.52. The lowest BCUT2D eigenvalue weighted by Gasteiger charge is -2.09. The van der Waals surface area contributed by atoms with Crippen molar-refractivity contribution >= 4 is 12.0 Å². The van der Waals surface area contributed by atoms with Crippen LogP contribution >= 0.6 is 0 Å². The molecule has 0 saturated carbocycles. The molecule has 2 N–H and O–H groups in total. The second kappa shape index (κ2) is 3.08. The van der Waals surface area contributed by atoms with Gasteiger partial charge in [0, 0.05) is 11.3 Å². The lowest BCUT2D eigenvalue weighted by Crippen LogP contribution is -2.09. The molecule has 0 saturated heterocycles. The number of carbonyl (C=O) groups excluding carboxylic acids is 1. The Balaban J connectivity index is 3.27. The maximum absolute atomic E-state index is 12.2. The van der Waals surface area contributed by atoms with Gasteiger partial charge >= 0.3 is 6.18 Å². The van der Waals surface area contributed by atoms with E-state index in [4.69, 9.17) is 5.73 Å². The summed E-state index contributed by atoms with van der Waals surface area (Å²) >= 11 is 0. The van der Waals surface area contributed by atoms with Crippen molar-refractivity contribution in [2.45, 2.75) is 6.18 Å². The van der Waals surface area contributed by atoms with Gasteiger partial charge in [-0.15, -0.1) is 0 Å². The monoisotopic (exact) mass is 189 g/mol. The number of hydrogen-bond acceptors (Lipinski definition) is 2. The molecular formula is C8H6F3NO. The predicted molar refractivity (Wildman–Crippen MR) is 41.2 cm³/mol. The normalized spacial score (nSPS) is 11.3. The second-order valence-electron chi connectivity index (χ2n) is 2.46. The highest BCUT2D eigenvalue weighted by Crippen LogP contribution is 2.33. The molecule has 1 aromatic rings. The van der Waals surface area contributed by atoms with E-state index in [-0.39, 0.29) is 11.3 Å². The van der Waals surface area contributed by atoms with Crippen molar-refractivity contribution in [3.8, 4) is 0 Å². The van der Waals surface area contributed by atoms with Gasteiger partial charge in [0.1, 0.15) is 6.29 Å². The molecule has 0 amide bonds. The molecule has 0 aliphatic heterocycles. The van der Waals surface area contributed by atoms with E-state index in [1.165, 1.54) is 6.07 Å². The first kappa shape index (κ1) is 9.57. The molecule has 0 radical (unpaired) electrons. The minimum absolute atomic E-state index is 0.0403. The lowest BCUT2D eigenvalue weighted by molar-refractivity contribution is -0.136. The van der Waals surface area contributed by atoms with Gasteiger partial charge in [0.05, 0.1) is 5.56 Å². The summed E-state index contributed by atoms with van der Waals surface area (Å²) in [5, 5.41) is 0. The summed E-state index contributed by atoms with van der Waals surface area (Å²) < 4.78 is 36.5. The fourth-order valence-corrected chi connectivity index (χ4v) is 0.893. The van der Waals surface area contributed by atoms with E-state index in [2.05, 4.69) is 0 Å². The smallest absolute Gasteiger partial charge is 0.398 e. The molecule has 0 bridgehead atoms. The second-order valence-corrected chi connectivity index (χ2v) is 2.46. The van der Waals surface area contributed by atoms with Gasteiger partial charge in [0.2, 0.25) is 0 Å². The number of hydrogen-bond donors (Lipinski definition) is 1. The van der Waals surface area contributed by atoms with E-state index in [1.54, 1.807) is 0 Å². The van der Waals surface area contributed by atoms with E-state index in [1.807, 2.05) is 0 Å². The van der Waals surface area contributed by atoms with Crippen LogP contribution in [0.3, 0.4) is 0 Å². The summed E-state index contributed by atoms with van der Waals surface area (Å²) in [7, 11) is 0. The quantitative estimate of drug-likeness (QED) is 0.543. The van der Waals surface area contributed by atoms with Crippen LogP contribution in [0.5, 0.6) is 0 Å². The molecule has 0 spiro atoms. The van der Waals surface area contributed by atoms with E-state index >= 15 is 0 Å². The van der Waals surface area contributed by atoms with E-state index in [9.17, 15) is 18.0 Å². The van der Waals surface area contributed by atoms with E-state index in [0.29, 0.717) is 6.29 Å². The Morgan fingerprint density at radius 2 is 1.92 bits per heavy atom. The minimum atomic E-state index is -4.51. The summed E-state index contributed by atoms with van der Waals surface area (Å²) in [6.45, 7) is 0.